The lowest BCUT2D eigenvalue weighted by Crippen LogP contribution is -2.43. The molecule has 0 radical (unpaired) electrons. The SMILES string of the molecule is CCc1ccc2ccccc2c1Cc1c(C[C@H](Cc2cc[n-]c2)[C@H](O)CC(=O)[C@@]2(c3cc(O)cc(C4(NC)CCCCC4)c3)C=C[C@@H]3SSC[C@@](C)(O)CNCOc4c(O)ccc(c43)C2)ccc(O)c1OC. The number of fused-ring (bicyclic) bond motifs is 1. The Labute approximate surface area is 431 Å². The van der Waals surface area contributed by atoms with Gasteiger partial charge in [-0.3, -0.25) is 10.1 Å². The average Bonchev–Trinajstić information content (AvgIpc) is 3.83. The Morgan fingerprint density at radius 3 is 2.49 bits per heavy atom. The number of β-amino-alcohol motifs (C(OH)–C–C–N with tert-alkyl or cyclic N) is 1. The number of Topliss-reactive ketones (excluding diaryl/α,β-unsaturated/α-hetero) is 1. The number of aromatic hydroxyl groups is 3. The number of aliphatic hydroxyl groups is 2. The molecule has 1 aliphatic heterocycles. The molecule has 0 amide bonds. The topological polar surface area (TPSA) is 175 Å². The summed E-state index contributed by atoms with van der Waals surface area (Å²) in [6, 6.07) is 27.2. The quantitative estimate of drug-likeness (QED) is 0.0383. The van der Waals surface area contributed by atoms with Crippen LogP contribution in [0.2, 0.25) is 0 Å². The van der Waals surface area contributed by atoms with E-state index < -0.39 is 33.8 Å². The number of aromatic nitrogens is 1. The summed E-state index contributed by atoms with van der Waals surface area (Å²) < 4.78 is 12.3. The third-order valence-electron chi connectivity index (χ3n) is 15.6. The number of ether oxygens (including phenoxy) is 2. The van der Waals surface area contributed by atoms with Crippen LogP contribution in [0.25, 0.3) is 10.8 Å². The van der Waals surface area contributed by atoms with Crippen LogP contribution in [-0.4, -0.2) is 76.2 Å². The Balaban J connectivity index is 1.15. The first-order valence-electron chi connectivity index (χ1n) is 25.3. The monoisotopic (exact) mass is 1010 g/mol. The molecule has 11 nitrogen and oxygen atoms in total. The van der Waals surface area contributed by atoms with Crippen LogP contribution >= 0.6 is 21.6 Å². The number of phenols is 3. The van der Waals surface area contributed by atoms with Crippen molar-refractivity contribution in [2.45, 2.75) is 112 Å². The van der Waals surface area contributed by atoms with E-state index in [-0.39, 0.29) is 42.6 Å². The van der Waals surface area contributed by atoms with Crippen molar-refractivity contribution in [2.75, 3.05) is 33.2 Å². The fraction of sp³-hybridized carbons (Fsp3) is 0.407. The number of aryl methyl sites for hydroxylation is 1. The molecule has 13 heteroatoms. The molecule has 0 unspecified atom stereocenters. The lowest BCUT2D eigenvalue weighted by Gasteiger charge is -2.39. The third kappa shape index (κ3) is 10.7. The lowest BCUT2D eigenvalue weighted by atomic mass is 9.68. The van der Waals surface area contributed by atoms with E-state index in [4.69, 9.17) is 9.47 Å². The molecule has 5 atom stereocenters. The van der Waals surface area contributed by atoms with Gasteiger partial charge in [-0.05, 0) is 127 Å². The average molecular weight is 1010 g/mol. The predicted octanol–water partition coefficient (Wildman–Crippen LogP) is 10.0. The van der Waals surface area contributed by atoms with Gasteiger partial charge in [-0.15, -0.1) is 0 Å². The number of phenolic OH excluding ortho intramolecular Hbond substituents is 3. The summed E-state index contributed by atoms with van der Waals surface area (Å²) in [4.78, 5) is 20.4. The number of carbonyl (C=O) groups excluding carboxylic acids is 1. The van der Waals surface area contributed by atoms with Crippen LogP contribution in [0.1, 0.15) is 108 Å². The first-order chi connectivity index (χ1) is 34.8. The van der Waals surface area contributed by atoms with Gasteiger partial charge in [0.15, 0.2) is 23.0 Å². The van der Waals surface area contributed by atoms with Gasteiger partial charge >= 0.3 is 0 Å². The Hall–Kier alpha value is -5.41. The summed E-state index contributed by atoms with van der Waals surface area (Å²) in [5, 5.41) is 67.2. The number of carbonyl (C=O) groups is 1. The predicted molar refractivity (Wildman–Crippen MR) is 289 cm³/mol. The molecule has 1 fully saturated rings. The molecule has 9 rings (SSSR count). The first-order valence-corrected chi connectivity index (χ1v) is 27.7. The van der Waals surface area contributed by atoms with E-state index in [1.54, 1.807) is 44.6 Å². The smallest absolute Gasteiger partial charge is 0.167 e. The summed E-state index contributed by atoms with van der Waals surface area (Å²) in [6.07, 6.45) is 13.3. The van der Waals surface area contributed by atoms with Crippen molar-refractivity contribution in [2.24, 2.45) is 5.92 Å². The van der Waals surface area contributed by atoms with Crippen LogP contribution in [-0.2, 0) is 47.9 Å². The summed E-state index contributed by atoms with van der Waals surface area (Å²) in [5.41, 5.74) is 5.16. The van der Waals surface area contributed by atoms with E-state index in [1.165, 1.54) is 27.2 Å². The van der Waals surface area contributed by atoms with E-state index in [9.17, 15) is 25.5 Å². The van der Waals surface area contributed by atoms with E-state index >= 15 is 4.79 Å². The molecular weight excluding hydrogens is 943 g/mol. The zero-order valence-electron chi connectivity index (χ0n) is 41.7. The van der Waals surface area contributed by atoms with Gasteiger partial charge in [0.05, 0.1) is 29.5 Å². The standard InChI is InChI=1S/C59H68N3O8S2/c1-5-38-13-14-39-11-7-8-12-46(39)47(38)30-48-40(15-17-49(64)55(48)69-4)26-42(25-37-20-24-61-33-37)51(66)31-53(67)58(43-27-44(29-45(63)28-43)59(60-3)21-9-6-10-22-59)23-19-52-54-41(32-58)16-18-50(65)56(54)70-36-62-34-57(2,68)35-71-72-52/h7-8,11-20,23-24,27-29,33,42,51-52,60,62-66,68H,5-6,9-10,21-22,25-26,30-32,34-36H2,1-4H3/q-1/t42-,51+,52-,57-,58-/m0/s1. The fourth-order valence-electron chi connectivity index (χ4n) is 11.6. The Morgan fingerprint density at radius 2 is 1.72 bits per heavy atom. The minimum atomic E-state index is -1.40. The lowest BCUT2D eigenvalue weighted by molar-refractivity contribution is -0.125. The number of nitrogens with one attached hydrogen (secondary N) is 2. The van der Waals surface area contributed by atoms with Crippen molar-refractivity contribution in [1.82, 2.24) is 15.6 Å². The summed E-state index contributed by atoms with van der Waals surface area (Å²) in [7, 11) is 6.57. The number of aliphatic hydroxyl groups excluding tert-OH is 1. The molecule has 0 bridgehead atoms. The van der Waals surface area contributed by atoms with Gasteiger partial charge in [0.2, 0.25) is 0 Å². The Bertz CT molecular complexity index is 2910. The van der Waals surface area contributed by atoms with Crippen LogP contribution in [0, 0.1) is 5.92 Å². The van der Waals surface area contributed by atoms with Gasteiger partial charge in [-0.1, -0.05) is 126 Å². The molecule has 72 heavy (non-hydrogen) atoms. The molecular formula is C59H68N3O8S2-. The summed E-state index contributed by atoms with van der Waals surface area (Å²) >= 11 is 0. The van der Waals surface area contributed by atoms with Crippen molar-refractivity contribution in [1.29, 1.82) is 0 Å². The van der Waals surface area contributed by atoms with E-state index in [2.05, 4.69) is 52.9 Å². The molecule has 2 aliphatic carbocycles. The molecule has 0 spiro atoms. The third-order valence-corrected chi connectivity index (χ3v) is 18.4. The van der Waals surface area contributed by atoms with Gasteiger partial charge in [0.1, 0.15) is 18.3 Å². The number of hydrogen-bond donors (Lipinski definition) is 7. The van der Waals surface area contributed by atoms with Gasteiger partial charge < -0.3 is 45.3 Å². The molecule has 5 aromatic carbocycles. The maximum absolute atomic E-state index is 16.1. The van der Waals surface area contributed by atoms with Crippen molar-refractivity contribution in [3.05, 3.63) is 160 Å². The first kappa shape index (κ1) is 51.5. The van der Waals surface area contributed by atoms with Crippen LogP contribution in [0.3, 0.4) is 0 Å². The fourth-order valence-corrected chi connectivity index (χ4v) is 14.5. The van der Waals surface area contributed by atoms with Gasteiger partial charge in [0, 0.05) is 41.8 Å². The van der Waals surface area contributed by atoms with Crippen molar-refractivity contribution >= 4 is 38.1 Å². The van der Waals surface area contributed by atoms with Gasteiger partial charge in [-0.2, -0.15) is 12.4 Å². The molecule has 1 aromatic heterocycles. The zero-order valence-corrected chi connectivity index (χ0v) is 43.4. The summed E-state index contributed by atoms with van der Waals surface area (Å²) in [5.74, 6) is 0.422. The highest BCUT2D eigenvalue weighted by molar-refractivity contribution is 8.76. The van der Waals surface area contributed by atoms with E-state index in [1.807, 2.05) is 55.6 Å². The molecule has 6 aromatic rings. The number of methoxy groups -OCH3 is 1. The van der Waals surface area contributed by atoms with Crippen molar-refractivity contribution in [3.63, 3.8) is 0 Å². The van der Waals surface area contributed by atoms with Crippen LogP contribution in [0.4, 0.5) is 0 Å². The largest absolute Gasteiger partial charge is 0.670 e. The molecule has 380 valence electrons. The van der Waals surface area contributed by atoms with Crippen LogP contribution in [0.15, 0.2) is 109 Å². The molecule has 7 N–H and O–H groups in total. The Kier molecular flexibility index (Phi) is 15.7. The van der Waals surface area contributed by atoms with E-state index in [0.29, 0.717) is 48.6 Å². The van der Waals surface area contributed by atoms with Crippen molar-refractivity contribution < 1.29 is 39.8 Å². The van der Waals surface area contributed by atoms with Gasteiger partial charge in [0.25, 0.3) is 0 Å². The number of nitrogens with zero attached hydrogens (tertiary/aromatic N) is 1. The number of rotatable bonds is 15. The molecule has 1 saturated carbocycles. The minimum absolute atomic E-state index is 0.0266. The van der Waals surface area contributed by atoms with Crippen LogP contribution in [0.5, 0.6) is 28.7 Å². The minimum Gasteiger partial charge on any atom is -0.670 e. The second-order valence-electron chi connectivity index (χ2n) is 20.4. The second-order valence-corrected chi connectivity index (χ2v) is 22.9. The highest BCUT2D eigenvalue weighted by atomic mass is 33.1. The number of ketones is 1. The number of benzene rings is 5. The second kappa shape index (κ2) is 22.0. The van der Waals surface area contributed by atoms with Crippen LogP contribution < -0.4 is 25.1 Å². The maximum atomic E-state index is 16.1. The number of allylic oxidation sites excluding steroid dienone is 1. The van der Waals surface area contributed by atoms with E-state index in [0.717, 1.165) is 88.2 Å². The Morgan fingerprint density at radius 1 is 0.944 bits per heavy atom. The zero-order chi connectivity index (χ0) is 50.6. The molecule has 3 aliphatic rings. The molecule has 0 saturated heterocycles. The number of hydrogen-bond acceptors (Lipinski definition) is 12. The maximum Gasteiger partial charge on any atom is 0.167 e. The van der Waals surface area contributed by atoms with Gasteiger partial charge in [-0.25, -0.2) is 0 Å². The normalized spacial score (nSPS) is 21.9. The molecule has 2 heterocycles. The van der Waals surface area contributed by atoms with Crippen molar-refractivity contribution in [3.8, 4) is 28.7 Å². The highest BCUT2D eigenvalue weighted by Gasteiger charge is 2.45. The highest BCUT2D eigenvalue weighted by Crippen LogP contribution is 2.53. The summed E-state index contributed by atoms with van der Waals surface area (Å²) in [6.45, 7) is 4.25.